The number of amides is 2. The fourth-order valence-electron chi connectivity index (χ4n) is 4.31. The van der Waals surface area contributed by atoms with Gasteiger partial charge in [-0.2, -0.15) is 0 Å². The smallest absolute Gasteiger partial charge is 0.251 e. The number of benzene rings is 3. The fraction of sp³-hybridized carbons (Fsp3) is 0.222. The molecule has 0 aliphatic carbocycles. The van der Waals surface area contributed by atoms with Gasteiger partial charge in [0.1, 0.15) is 5.82 Å². The van der Waals surface area contributed by atoms with Crippen LogP contribution in [-0.2, 0) is 17.8 Å². The lowest BCUT2D eigenvalue weighted by Gasteiger charge is -2.16. The van der Waals surface area contributed by atoms with E-state index in [9.17, 15) is 9.59 Å². The average Bonchev–Trinajstić information content (AvgIpc) is 3.28. The van der Waals surface area contributed by atoms with Gasteiger partial charge in [-0.1, -0.05) is 30.3 Å². The molecule has 0 atom stereocenters. The van der Waals surface area contributed by atoms with Crippen molar-refractivity contribution in [2.75, 3.05) is 11.9 Å². The van der Waals surface area contributed by atoms with Crippen molar-refractivity contribution in [1.29, 1.82) is 0 Å². The molecular formula is C27H26N4O2. The Bertz CT molecular complexity index is 1310. The van der Waals surface area contributed by atoms with E-state index in [0.717, 1.165) is 40.8 Å². The first-order chi connectivity index (χ1) is 16.2. The Balaban J connectivity index is 1.13. The van der Waals surface area contributed by atoms with Gasteiger partial charge in [-0.25, -0.2) is 4.98 Å². The molecular weight excluding hydrogens is 412 g/mol. The standard InChI is InChI=1S/C27H26N4O2/c32-25(14-15-28-27(33)22-9-8-19-5-1-2-6-21(19)17-22)30-23-12-10-20(11-13-23)26-29-18-24-7-3-4-16-31(24)26/h1-2,5-6,8-13,17-18H,3-4,7,14-16H2,(H,28,33)(H,30,32). The number of imidazole rings is 1. The average molecular weight is 439 g/mol. The molecule has 3 aromatic carbocycles. The Morgan fingerprint density at radius 2 is 1.76 bits per heavy atom. The Kier molecular flexibility index (Phi) is 5.89. The first kappa shape index (κ1) is 20.9. The van der Waals surface area contributed by atoms with Crippen molar-refractivity contribution in [3.05, 3.63) is 84.2 Å². The van der Waals surface area contributed by atoms with E-state index < -0.39 is 0 Å². The van der Waals surface area contributed by atoms with Gasteiger partial charge in [0, 0.05) is 48.2 Å². The lowest BCUT2D eigenvalue weighted by Crippen LogP contribution is -2.27. The summed E-state index contributed by atoms with van der Waals surface area (Å²) >= 11 is 0. The number of aromatic nitrogens is 2. The number of carbonyl (C=O) groups excluding carboxylic acids is 2. The van der Waals surface area contributed by atoms with Crippen LogP contribution in [0.15, 0.2) is 72.9 Å². The third kappa shape index (κ3) is 4.65. The predicted molar refractivity (Wildman–Crippen MR) is 130 cm³/mol. The molecule has 0 bridgehead atoms. The van der Waals surface area contributed by atoms with E-state index in [1.807, 2.05) is 66.9 Å². The number of rotatable bonds is 6. The molecule has 1 aliphatic heterocycles. The first-order valence-electron chi connectivity index (χ1n) is 11.4. The SMILES string of the molecule is O=C(CCNC(=O)c1ccc2ccccc2c1)Nc1ccc(-c2ncc3n2CCCC3)cc1. The van der Waals surface area contributed by atoms with E-state index in [4.69, 9.17) is 0 Å². The maximum absolute atomic E-state index is 12.4. The molecule has 33 heavy (non-hydrogen) atoms. The lowest BCUT2D eigenvalue weighted by molar-refractivity contribution is -0.116. The molecule has 6 nitrogen and oxygen atoms in total. The van der Waals surface area contributed by atoms with Crippen LogP contribution in [0.5, 0.6) is 0 Å². The summed E-state index contributed by atoms with van der Waals surface area (Å²) in [6, 6.07) is 21.3. The Hall–Kier alpha value is -3.93. The molecule has 0 saturated heterocycles. The van der Waals surface area contributed by atoms with E-state index in [-0.39, 0.29) is 24.8 Å². The summed E-state index contributed by atoms with van der Waals surface area (Å²) in [7, 11) is 0. The molecule has 6 heteroatoms. The van der Waals surface area contributed by atoms with Crippen LogP contribution in [0.3, 0.4) is 0 Å². The molecule has 2 N–H and O–H groups in total. The Morgan fingerprint density at radius 3 is 2.61 bits per heavy atom. The fourth-order valence-corrected chi connectivity index (χ4v) is 4.31. The lowest BCUT2D eigenvalue weighted by atomic mass is 10.1. The summed E-state index contributed by atoms with van der Waals surface area (Å²) in [5.41, 5.74) is 3.66. The van der Waals surface area contributed by atoms with Gasteiger partial charge in [0.15, 0.2) is 0 Å². The molecule has 4 aromatic rings. The number of hydrogen-bond acceptors (Lipinski definition) is 3. The van der Waals surface area contributed by atoms with Crippen molar-refractivity contribution in [1.82, 2.24) is 14.9 Å². The summed E-state index contributed by atoms with van der Waals surface area (Å²) in [6.07, 6.45) is 5.66. The van der Waals surface area contributed by atoms with Gasteiger partial charge in [0.05, 0.1) is 0 Å². The van der Waals surface area contributed by atoms with Crippen molar-refractivity contribution in [2.45, 2.75) is 32.2 Å². The summed E-state index contributed by atoms with van der Waals surface area (Å²) in [5.74, 6) is 0.666. The van der Waals surface area contributed by atoms with Crippen molar-refractivity contribution in [3.8, 4) is 11.4 Å². The van der Waals surface area contributed by atoms with E-state index in [1.54, 1.807) is 6.07 Å². The van der Waals surface area contributed by atoms with E-state index >= 15 is 0 Å². The second-order valence-corrected chi connectivity index (χ2v) is 8.38. The number of aryl methyl sites for hydroxylation is 1. The van der Waals surface area contributed by atoms with Gasteiger partial charge < -0.3 is 15.2 Å². The van der Waals surface area contributed by atoms with Crippen molar-refractivity contribution < 1.29 is 9.59 Å². The van der Waals surface area contributed by atoms with Gasteiger partial charge in [0.2, 0.25) is 5.91 Å². The number of hydrogen-bond donors (Lipinski definition) is 2. The Morgan fingerprint density at radius 1 is 0.939 bits per heavy atom. The highest BCUT2D eigenvalue weighted by atomic mass is 16.2. The van der Waals surface area contributed by atoms with Crippen LogP contribution >= 0.6 is 0 Å². The first-order valence-corrected chi connectivity index (χ1v) is 11.4. The summed E-state index contributed by atoms with van der Waals surface area (Å²) < 4.78 is 2.29. The second-order valence-electron chi connectivity index (χ2n) is 8.38. The van der Waals surface area contributed by atoms with Crippen LogP contribution < -0.4 is 10.6 Å². The van der Waals surface area contributed by atoms with Crippen LogP contribution in [0.2, 0.25) is 0 Å². The minimum absolute atomic E-state index is 0.139. The van der Waals surface area contributed by atoms with Crippen LogP contribution in [0.25, 0.3) is 22.2 Å². The van der Waals surface area contributed by atoms with Gasteiger partial charge in [-0.3, -0.25) is 9.59 Å². The largest absolute Gasteiger partial charge is 0.352 e. The predicted octanol–water partition coefficient (Wildman–Crippen LogP) is 4.80. The minimum atomic E-state index is -0.180. The number of carbonyl (C=O) groups is 2. The van der Waals surface area contributed by atoms with Crippen LogP contribution in [0.1, 0.15) is 35.3 Å². The third-order valence-electron chi connectivity index (χ3n) is 6.08. The third-order valence-corrected chi connectivity index (χ3v) is 6.08. The highest BCUT2D eigenvalue weighted by molar-refractivity contribution is 5.99. The zero-order valence-electron chi connectivity index (χ0n) is 18.4. The van der Waals surface area contributed by atoms with Crippen molar-refractivity contribution in [3.63, 3.8) is 0 Å². The molecule has 0 saturated carbocycles. The number of nitrogens with one attached hydrogen (secondary N) is 2. The topological polar surface area (TPSA) is 76.0 Å². The summed E-state index contributed by atoms with van der Waals surface area (Å²) in [5, 5.41) is 7.83. The highest BCUT2D eigenvalue weighted by Crippen LogP contribution is 2.25. The van der Waals surface area contributed by atoms with Gasteiger partial charge in [-0.15, -0.1) is 0 Å². The minimum Gasteiger partial charge on any atom is -0.352 e. The van der Waals surface area contributed by atoms with E-state index in [0.29, 0.717) is 5.56 Å². The molecule has 5 rings (SSSR count). The number of anilines is 1. The summed E-state index contributed by atoms with van der Waals surface area (Å²) in [6.45, 7) is 1.28. The molecule has 0 unspecified atom stereocenters. The molecule has 1 aliphatic rings. The van der Waals surface area contributed by atoms with Crippen LogP contribution in [0.4, 0.5) is 5.69 Å². The zero-order valence-corrected chi connectivity index (χ0v) is 18.4. The highest BCUT2D eigenvalue weighted by Gasteiger charge is 2.15. The van der Waals surface area contributed by atoms with E-state index in [2.05, 4.69) is 20.2 Å². The van der Waals surface area contributed by atoms with Gasteiger partial charge >= 0.3 is 0 Å². The van der Waals surface area contributed by atoms with Crippen LogP contribution in [0, 0.1) is 0 Å². The van der Waals surface area contributed by atoms with Gasteiger partial charge in [-0.05, 0) is 66.4 Å². The molecule has 0 fully saturated rings. The van der Waals surface area contributed by atoms with Crippen LogP contribution in [-0.4, -0.2) is 27.9 Å². The number of fused-ring (bicyclic) bond motifs is 2. The maximum Gasteiger partial charge on any atom is 0.251 e. The molecule has 166 valence electrons. The normalized spacial score (nSPS) is 12.8. The van der Waals surface area contributed by atoms with Gasteiger partial charge in [0.25, 0.3) is 5.91 Å². The van der Waals surface area contributed by atoms with E-state index in [1.165, 1.54) is 18.5 Å². The Labute approximate surface area is 192 Å². The number of nitrogens with zero attached hydrogens (tertiary/aromatic N) is 2. The molecule has 1 aromatic heterocycles. The quantitative estimate of drug-likeness (QED) is 0.454. The molecule has 2 amide bonds. The van der Waals surface area contributed by atoms with Crippen molar-refractivity contribution in [2.24, 2.45) is 0 Å². The second kappa shape index (κ2) is 9.28. The summed E-state index contributed by atoms with van der Waals surface area (Å²) in [4.78, 5) is 29.4. The monoisotopic (exact) mass is 438 g/mol. The molecule has 0 radical (unpaired) electrons. The zero-order chi connectivity index (χ0) is 22.6. The molecule has 0 spiro atoms. The van der Waals surface area contributed by atoms with Crippen molar-refractivity contribution >= 4 is 28.3 Å². The molecule has 2 heterocycles. The maximum atomic E-state index is 12.4.